The lowest BCUT2D eigenvalue weighted by Crippen LogP contribution is -2.29. The molecule has 1 amide bonds. The molecule has 1 N–H and O–H groups in total. The van der Waals surface area contributed by atoms with Crippen molar-refractivity contribution in [3.05, 3.63) is 83.4 Å². The van der Waals surface area contributed by atoms with Crippen molar-refractivity contribution in [2.45, 2.75) is 19.9 Å². The molecule has 0 saturated carbocycles. The zero-order chi connectivity index (χ0) is 26.8. The SMILES string of the molecule is CCN(CC)c1ccc(N2C(=O)C(=O)/C(=C(\O)c3ccc4c(c3)OCCO4)C2c2ccc(OC)cc2)cc1. The van der Waals surface area contributed by atoms with E-state index < -0.39 is 17.7 Å². The van der Waals surface area contributed by atoms with Crippen LogP contribution in [-0.4, -0.2) is 50.2 Å². The van der Waals surface area contributed by atoms with Crippen LogP contribution >= 0.6 is 0 Å². The third kappa shape index (κ3) is 4.42. The molecule has 2 heterocycles. The number of amides is 1. The number of ether oxygens (including phenoxy) is 3. The number of nitrogens with zero attached hydrogens (tertiary/aromatic N) is 2. The number of methoxy groups -OCH3 is 1. The largest absolute Gasteiger partial charge is 0.507 e. The lowest BCUT2D eigenvalue weighted by atomic mass is 9.95. The van der Waals surface area contributed by atoms with Gasteiger partial charge >= 0.3 is 0 Å². The monoisotopic (exact) mass is 514 g/mol. The Morgan fingerprint density at radius 1 is 0.947 bits per heavy atom. The van der Waals surface area contributed by atoms with Crippen molar-refractivity contribution in [2.24, 2.45) is 0 Å². The molecule has 0 aromatic heterocycles. The molecule has 1 atom stereocenters. The van der Waals surface area contributed by atoms with E-state index >= 15 is 0 Å². The van der Waals surface area contributed by atoms with E-state index in [9.17, 15) is 14.7 Å². The summed E-state index contributed by atoms with van der Waals surface area (Å²) in [6, 6.07) is 18.8. The van der Waals surface area contributed by atoms with Crippen LogP contribution in [0.2, 0.25) is 0 Å². The standard InChI is InChI=1S/C30H30N2O6/c1-4-31(5-2)21-9-11-22(12-10-21)32-27(19-6-13-23(36-3)14-7-19)26(29(34)30(32)35)28(33)20-8-15-24-25(18-20)38-17-16-37-24/h6-15,18,27,33H,4-5,16-17H2,1-3H3/b28-26-. The number of fused-ring (bicyclic) bond motifs is 1. The predicted octanol–water partition coefficient (Wildman–Crippen LogP) is 4.94. The van der Waals surface area contributed by atoms with Crippen molar-refractivity contribution >= 4 is 28.8 Å². The maximum Gasteiger partial charge on any atom is 0.300 e. The fraction of sp³-hybridized carbons (Fsp3) is 0.267. The number of benzene rings is 3. The van der Waals surface area contributed by atoms with Crippen LogP contribution in [0.3, 0.4) is 0 Å². The lowest BCUT2D eigenvalue weighted by molar-refractivity contribution is -0.132. The fourth-order valence-corrected chi connectivity index (χ4v) is 4.96. The van der Waals surface area contributed by atoms with Gasteiger partial charge in [0.15, 0.2) is 11.5 Å². The van der Waals surface area contributed by atoms with E-state index in [1.807, 2.05) is 24.3 Å². The Hall–Kier alpha value is -4.46. The number of aliphatic hydroxyl groups excluding tert-OH is 1. The Bertz CT molecular complexity index is 1380. The number of ketones is 1. The predicted molar refractivity (Wildman–Crippen MR) is 145 cm³/mol. The van der Waals surface area contributed by atoms with Crippen LogP contribution in [0.1, 0.15) is 31.0 Å². The first-order chi connectivity index (χ1) is 18.5. The van der Waals surface area contributed by atoms with Gasteiger partial charge in [-0.3, -0.25) is 14.5 Å². The third-order valence-electron chi connectivity index (χ3n) is 6.95. The Kier molecular flexibility index (Phi) is 6.96. The molecule has 0 radical (unpaired) electrons. The van der Waals surface area contributed by atoms with Gasteiger partial charge in [0.1, 0.15) is 24.7 Å². The van der Waals surface area contributed by atoms with Crippen molar-refractivity contribution in [1.29, 1.82) is 0 Å². The minimum absolute atomic E-state index is 0.00432. The molecule has 1 saturated heterocycles. The van der Waals surface area contributed by atoms with E-state index in [-0.39, 0.29) is 11.3 Å². The maximum absolute atomic E-state index is 13.5. The Morgan fingerprint density at radius 3 is 2.24 bits per heavy atom. The molecule has 3 aromatic rings. The second-order valence-corrected chi connectivity index (χ2v) is 8.99. The second-order valence-electron chi connectivity index (χ2n) is 8.99. The van der Waals surface area contributed by atoms with Crippen LogP contribution in [0.5, 0.6) is 17.2 Å². The van der Waals surface area contributed by atoms with Crippen LogP contribution in [0.15, 0.2) is 72.3 Å². The first kappa shape index (κ1) is 25.2. The quantitative estimate of drug-likeness (QED) is 0.271. The molecule has 5 rings (SSSR count). The van der Waals surface area contributed by atoms with E-state index in [0.29, 0.717) is 47.3 Å². The summed E-state index contributed by atoms with van der Waals surface area (Å²) in [5, 5.41) is 11.4. The number of hydrogen-bond donors (Lipinski definition) is 1. The number of carbonyl (C=O) groups excluding carboxylic acids is 2. The van der Waals surface area contributed by atoms with Gasteiger partial charge in [-0.2, -0.15) is 0 Å². The molecular weight excluding hydrogens is 484 g/mol. The zero-order valence-corrected chi connectivity index (χ0v) is 21.6. The van der Waals surface area contributed by atoms with Gasteiger partial charge in [0.2, 0.25) is 0 Å². The zero-order valence-electron chi connectivity index (χ0n) is 21.6. The molecule has 0 bridgehead atoms. The molecule has 196 valence electrons. The highest BCUT2D eigenvalue weighted by Crippen LogP contribution is 2.43. The summed E-state index contributed by atoms with van der Waals surface area (Å²) in [7, 11) is 1.57. The average molecular weight is 515 g/mol. The van der Waals surface area contributed by atoms with E-state index in [1.165, 1.54) is 4.90 Å². The van der Waals surface area contributed by atoms with Crippen LogP contribution < -0.4 is 24.0 Å². The first-order valence-electron chi connectivity index (χ1n) is 12.7. The Balaban J connectivity index is 1.63. The normalized spacial score (nSPS) is 18.0. The minimum atomic E-state index is -0.839. The summed E-state index contributed by atoms with van der Waals surface area (Å²) in [5.74, 6) is -0.0631. The first-order valence-corrected chi connectivity index (χ1v) is 12.7. The summed E-state index contributed by atoms with van der Waals surface area (Å²) >= 11 is 0. The van der Waals surface area contributed by atoms with Gasteiger partial charge in [-0.15, -0.1) is 0 Å². The molecule has 8 heteroatoms. The smallest absolute Gasteiger partial charge is 0.300 e. The van der Waals surface area contributed by atoms with Gasteiger partial charge in [0.05, 0.1) is 18.7 Å². The van der Waals surface area contributed by atoms with Gasteiger partial charge in [0, 0.05) is 30.0 Å². The lowest BCUT2D eigenvalue weighted by Gasteiger charge is -2.27. The van der Waals surface area contributed by atoms with Crippen molar-refractivity contribution in [3.63, 3.8) is 0 Å². The molecule has 0 aliphatic carbocycles. The summed E-state index contributed by atoms with van der Waals surface area (Å²) in [6.07, 6.45) is 0. The van der Waals surface area contributed by atoms with Gasteiger partial charge in [0.25, 0.3) is 11.7 Å². The molecule has 2 aliphatic rings. The van der Waals surface area contributed by atoms with E-state index in [2.05, 4.69) is 18.7 Å². The van der Waals surface area contributed by atoms with Crippen molar-refractivity contribution < 1.29 is 28.9 Å². The van der Waals surface area contributed by atoms with Crippen LogP contribution in [0, 0.1) is 0 Å². The van der Waals surface area contributed by atoms with E-state index in [0.717, 1.165) is 18.8 Å². The highest BCUT2D eigenvalue weighted by molar-refractivity contribution is 6.51. The van der Waals surface area contributed by atoms with Crippen molar-refractivity contribution in [3.8, 4) is 17.2 Å². The Labute approximate surface area is 221 Å². The second kappa shape index (κ2) is 10.5. The molecule has 8 nitrogen and oxygen atoms in total. The number of anilines is 2. The highest BCUT2D eigenvalue weighted by atomic mass is 16.6. The van der Waals surface area contributed by atoms with Crippen LogP contribution in [0.4, 0.5) is 11.4 Å². The molecule has 0 spiro atoms. The summed E-state index contributed by atoms with van der Waals surface area (Å²) in [6.45, 7) is 6.68. The van der Waals surface area contributed by atoms with Crippen molar-refractivity contribution in [2.75, 3.05) is 43.2 Å². The number of carbonyl (C=O) groups is 2. The van der Waals surface area contributed by atoms with Crippen LogP contribution in [-0.2, 0) is 9.59 Å². The van der Waals surface area contributed by atoms with Crippen LogP contribution in [0.25, 0.3) is 5.76 Å². The maximum atomic E-state index is 13.5. The number of rotatable bonds is 7. The van der Waals surface area contributed by atoms with Gasteiger partial charge < -0.3 is 24.2 Å². The molecule has 3 aromatic carbocycles. The summed E-state index contributed by atoms with van der Waals surface area (Å²) in [5.41, 5.74) is 2.61. The molecule has 2 aliphatic heterocycles. The molecular formula is C30H30N2O6. The van der Waals surface area contributed by atoms with Gasteiger partial charge in [-0.1, -0.05) is 12.1 Å². The topological polar surface area (TPSA) is 88.5 Å². The number of Topliss-reactive ketones (excluding diaryl/α,β-unsaturated/α-hetero) is 1. The van der Waals surface area contributed by atoms with Gasteiger partial charge in [-0.25, -0.2) is 0 Å². The number of aliphatic hydroxyl groups is 1. The van der Waals surface area contributed by atoms with Crippen molar-refractivity contribution in [1.82, 2.24) is 0 Å². The molecule has 1 unspecified atom stereocenters. The molecule has 38 heavy (non-hydrogen) atoms. The minimum Gasteiger partial charge on any atom is -0.507 e. The fourth-order valence-electron chi connectivity index (χ4n) is 4.96. The summed E-state index contributed by atoms with van der Waals surface area (Å²) in [4.78, 5) is 30.6. The average Bonchev–Trinajstić information content (AvgIpc) is 3.23. The highest BCUT2D eigenvalue weighted by Gasteiger charge is 2.47. The Morgan fingerprint density at radius 2 is 1.61 bits per heavy atom. The van der Waals surface area contributed by atoms with Gasteiger partial charge in [-0.05, 0) is 74.0 Å². The number of hydrogen-bond acceptors (Lipinski definition) is 7. The van der Waals surface area contributed by atoms with E-state index in [1.54, 1.807) is 49.6 Å². The molecule has 1 fully saturated rings. The summed E-state index contributed by atoms with van der Waals surface area (Å²) < 4.78 is 16.5. The third-order valence-corrected chi connectivity index (χ3v) is 6.95. The van der Waals surface area contributed by atoms with E-state index in [4.69, 9.17) is 14.2 Å².